The summed E-state index contributed by atoms with van der Waals surface area (Å²) in [6.07, 6.45) is 7.28. The lowest BCUT2D eigenvalue weighted by Crippen LogP contribution is -2.02. The van der Waals surface area contributed by atoms with Crippen LogP contribution in [0.5, 0.6) is 0 Å². The molecule has 0 amide bonds. The minimum Gasteiger partial charge on any atom is -0.365 e. The Morgan fingerprint density at radius 3 is 2.69 bits per heavy atom. The quantitative estimate of drug-likeness (QED) is 0.479. The fourth-order valence-electron chi connectivity index (χ4n) is 3.33. The van der Waals surface area contributed by atoms with Crippen molar-refractivity contribution in [1.82, 2.24) is 19.9 Å². The summed E-state index contributed by atoms with van der Waals surface area (Å²) in [7, 11) is 0. The van der Waals surface area contributed by atoms with Gasteiger partial charge in [0.2, 0.25) is 0 Å². The average Bonchev–Trinajstić information content (AvgIpc) is 3.05. The molecule has 0 saturated heterocycles. The first-order chi connectivity index (χ1) is 12.8. The van der Waals surface area contributed by atoms with Crippen LogP contribution in [-0.2, 0) is 6.54 Å². The minimum atomic E-state index is 0.630. The molecular formula is C20H14ClN5. The second kappa shape index (κ2) is 5.97. The van der Waals surface area contributed by atoms with Gasteiger partial charge in [0.15, 0.2) is 0 Å². The highest BCUT2D eigenvalue weighted by Crippen LogP contribution is 2.33. The molecule has 4 aromatic heterocycles. The molecule has 2 N–H and O–H groups in total. The Labute approximate surface area is 154 Å². The maximum Gasteiger partial charge on any atom is 0.141 e. The van der Waals surface area contributed by atoms with Gasteiger partial charge in [-0.15, -0.1) is 0 Å². The molecule has 0 aliphatic carbocycles. The predicted molar refractivity (Wildman–Crippen MR) is 105 cm³/mol. The van der Waals surface area contributed by atoms with Crippen LogP contribution in [0.15, 0.2) is 61.2 Å². The van der Waals surface area contributed by atoms with Crippen LogP contribution in [0.2, 0.25) is 5.02 Å². The van der Waals surface area contributed by atoms with Crippen molar-refractivity contribution in [2.24, 2.45) is 0 Å². The topological polar surface area (TPSA) is 66.5 Å². The molecule has 4 heterocycles. The normalized spacial score (nSPS) is 11.4. The van der Waals surface area contributed by atoms with E-state index < -0.39 is 0 Å². The highest BCUT2D eigenvalue weighted by Gasteiger charge is 2.13. The van der Waals surface area contributed by atoms with Crippen LogP contribution in [0.3, 0.4) is 0 Å². The van der Waals surface area contributed by atoms with E-state index in [-0.39, 0.29) is 0 Å². The predicted octanol–water partition coefficient (Wildman–Crippen LogP) is 4.92. The van der Waals surface area contributed by atoms with Crippen molar-refractivity contribution in [2.45, 2.75) is 6.54 Å². The number of nitrogens with zero attached hydrogens (tertiary/aromatic N) is 3. The summed E-state index contributed by atoms with van der Waals surface area (Å²) in [4.78, 5) is 16.7. The number of fused-ring (bicyclic) bond motifs is 5. The molecule has 5 nitrogen and oxygen atoms in total. The zero-order valence-corrected chi connectivity index (χ0v) is 14.5. The molecule has 5 aromatic rings. The van der Waals surface area contributed by atoms with E-state index in [1.807, 2.05) is 55.0 Å². The lowest BCUT2D eigenvalue weighted by Gasteiger charge is -2.10. The van der Waals surface area contributed by atoms with E-state index in [0.717, 1.165) is 49.1 Å². The van der Waals surface area contributed by atoms with Crippen molar-refractivity contribution >= 4 is 50.1 Å². The Kier molecular flexibility index (Phi) is 3.47. The van der Waals surface area contributed by atoms with Crippen molar-refractivity contribution in [2.75, 3.05) is 5.32 Å². The molecule has 0 atom stereocenters. The number of nitrogens with one attached hydrogen (secondary N) is 2. The third kappa shape index (κ3) is 2.45. The summed E-state index contributed by atoms with van der Waals surface area (Å²) in [5.41, 5.74) is 2.90. The molecule has 26 heavy (non-hydrogen) atoms. The van der Waals surface area contributed by atoms with Gasteiger partial charge < -0.3 is 10.3 Å². The van der Waals surface area contributed by atoms with E-state index in [0.29, 0.717) is 6.54 Å². The molecule has 1 aromatic carbocycles. The summed E-state index contributed by atoms with van der Waals surface area (Å²) in [6, 6.07) is 11.8. The lowest BCUT2D eigenvalue weighted by atomic mass is 10.1. The first-order valence-electron chi connectivity index (χ1n) is 8.27. The summed E-state index contributed by atoms with van der Waals surface area (Å²) in [5, 5.41) is 8.44. The second-order valence-electron chi connectivity index (χ2n) is 6.14. The minimum absolute atomic E-state index is 0.630. The Balaban J connectivity index is 1.68. The Bertz CT molecular complexity index is 1260. The number of rotatable bonds is 3. The Morgan fingerprint density at radius 1 is 0.962 bits per heavy atom. The van der Waals surface area contributed by atoms with Crippen molar-refractivity contribution < 1.29 is 0 Å². The summed E-state index contributed by atoms with van der Waals surface area (Å²) >= 11 is 6.08. The maximum absolute atomic E-state index is 6.08. The number of hydrogen-bond acceptors (Lipinski definition) is 4. The number of hydrogen-bond donors (Lipinski definition) is 2. The Hall–Kier alpha value is -3.18. The molecular weight excluding hydrogens is 346 g/mol. The van der Waals surface area contributed by atoms with Crippen LogP contribution in [0.4, 0.5) is 5.82 Å². The van der Waals surface area contributed by atoms with Gasteiger partial charge in [-0.1, -0.05) is 23.7 Å². The number of anilines is 1. The summed E-state index contributed by atoms with van der Waals surface area (Å²) < 4.78 is 0. The number of benzene rings is 1. The van der Waals surface area contributed by atoms with E-state index in [1.165, 1.54) is 0 Å². The van der Waals surface area contributed by atoms with Crippen LogP contribution >= 0.6 is 11.6 Å². The SMILES string of the molecule is Clc1cccc(CNc2nc3[nH]c4cnccc4c3c3ccncc23)c1. The molecule has 0 bridgehead atoms. The van der Waals surface area contributed by atoms with Crippen LogP contribution < -0.4 is 5.32 Å². The molecule has 0 aliphatic heterocycles. The second-order valence-corrected chi connectivity index (χ2v) is 6.57. The molecule has 5 rings (SSSR count). The van der Waals surface area contributed by atoms with E-state index in [4.69, 9.17) is 16.6 Å². The zero-order valence-electron chi connectivity index (χ0n) is 13.7. The van der Waals surface area contributed by atoms with Crippen molar-refractivity contribution in [3.05, 3.63) is 71.8 Å². The van der Waals surface area contributed by atoms with Crippen molar-refractivity contribution in [3.63, 3.8) is 0 Å². The average molecular weight is 360 g/mol. The van der Waals surface area contributed by atoms with Gasteiger partial charge in [0, 0.05) is 51.7 Å². The van der Waals surface area contributed by atoms with Gasteiger partial charge in [-0.2, -0.15) is 0 Å². The number of pyridine rings is 3. The van der Waals surface area contributed by atoms with Gasteiger partial charge in [0.25, 0.3) is 0 Å². The summed E-state index contributed by atoms with van der Waals surface area (Å²) in [6.45, 7) is 0.630. The third-order valence-electron chi connectivity index (χ3n) is 4.50. The number of halogens is 1. The van der Waals surface area contributed by atoms with Gasteiger partial charge >= 0.3 is 0 Å². The molecule has 0 saturated carbocycles. The number of aromatic amines is 1. The van der Waals surface area contributed by atoms with Crippen molar-refractivity contribution in [1.29, 1.82) is 0 Å². The fraction of sp³-hybridized carbons (Fsp3) is 0.0500. The first kappa shape index (κ1) is 15.1. The molecule has 0 radical (unpaired) electrons. The monoisotopic (exact) mass is 359 g/mol. The number of H-pyrrole nitrogens is 1. The van der Waals surface area contributed by atoms with Crippen molar-refractivity contribution in [3.8, 4) is 0 Å². The highest BCUT2D eigenvalue weighted by atomic mass is 35.5. The van der Waals surface area contributed by atoms with E-state index in [2.05, 4.69) is 20.3 Å². The largest absolute Gasteiger partial charge is 0.365 e. The standard InChI is InChI=1S/C20H14ClN5/c21-13-3-1-2-12(8-13)9-24-19-16-10-22-6-4-14(16)18-15-5-7-23-11-17(15)25-20(18)26-19/h1-8,10-11H,9H2,(H2,24,25,26). The smallest absolute Gasteiger partial charge is 0.141 e. The zero-order chi connectivity index (χ0) is 17.5. The molecule has 0 unspecified atom stereocenters. The van der Waals surface area contributed by atoms with Gasteiger partial charge in [-0.25, -0.2) is 4.98 Å². The fourth-order valence-corrected chi connectivity index (χ4v) is 3.54. The van der Waals surface area contributed by atoms with Crippen LogP contribution in [0.1, 0.15) is 5.56 Å². The van der Waals surface area contributed by atoms with Crippen LogP contribution in [0.25, 0.3) is 32.7 Å². The first-order valence-corrected chi connectivity index (χ1v) is 8.65. The molecule has 0 aliphatic rings. The Morgan fingerprint density at radius 2 is 1.81 bits per heavy atom. The van der Waals surface area contributed by atoms with Gasteiger partial charge in [-0.3, -0.25) is 9.97 Å². The van der Waals surface area contributed by atoms with E-state index in [9.17, 15) is 0 Å². The molecule has 0 fully saturated rings. The molecule has 0 spiro atoms. The van der Waals surface area contributed by atoms with E-state index >= 15 is 0 Å². The lowest BCUT2D eigenvalue weighted by molar-refractivity contribution is 1.12. The van der Waals surface area contributed by atoms with Gasteiger partial charge in [0.1, 0.15) is 11.5 Å². The van der Waals surface area contributed by atoms with Crippen LogP contribution in [0, 0.1) is 0 Å². The maximum atomic E-state index is 6.08. The third-order valence-corrected chi connectivity index (χ3v) is 4.73. The van der Waals surface area contributed by atoms with Crippen LogP contribution in [-0.4, -0.2) is 19.9 Å². The van der Waals surface area contributed by atoms with E-state index in [1.54, 1.807) is 6.20 Å². The molecule has 6 heteroatoms. The molecule has 126 valence electrons. The highest BCUT2D eigenvalue weighted by molar-refractivity contribution is 6.30. The number of aromatic nitrogens is 4. The summed E-state index contributed by atoms with van der Waals surface area (Å²) in [5.74, 6) is 0.792. The van der Waals surface area contributed by atoms with Gasteiger partial charge in [-0.05, 0) is 29.8 Å². The van der Waals surface area contributed by atoms with Gasteiger partial charge in [0.05, 0.1) is 11.7 Å².